The number of guanidine groups is 1. The molecule has 0 aliphatic carbocycles. The summed E-state index contributed by atoms with van der Waals surface area (Å²) in [7, 11) is 1.58. The number of nitrogens with zero attached hydrogens (tertiary/aromatic N) is 1. The summed E-state index contributed by atoms with van der Waals surface area (Å²) in [4.78, 5) is 4.19. The van der Waals surface area contributed by atoms with Gasteiger partial charge in [0, 0.05) is 12.2 Å². The molecule has 0 unspecified atom stereocenters. The summed E-state index contributed by atoms with van der Waals surface area (Å²) in [6, 6.07) is 5.37. The minimum absolute atomic E-state index is 0.402. The van der Waals surface area contributed by atoms with Crippen LogP contribution in [0.25, 0.3) is 0 Å². The number of ether oxygens (including phenoxy) is 1. The molecule has 0 heterocycles. The van der Waals surface area contributed by atoms with E-state index in [1.807, 2.05) is 6.07 Å². The molecule has 1 rings (SSSR count). The Morgan fingerprint density at radius 2 is 2.29 bits per heavy atom. The van der Waals surface area contributed by atoms with Crippen molar-refractivity contribution in [3.05, 3.63) is 23.2 Å². The van der Waals surface area contributed by atoms with Gasteiger partial charge in [-0.15, -0.1) is 0 Å². The highest BCUT2D eigenvalue weighted by Crippen LogP contribution is 2.26. The molecule has 0 saturated heterocycles. The first kappa shape index (κ1) is 13.6. The topological polar surface area (TPSA) is 59.6 Å². The summed E-state index contributed by atoms with van der Waals surface area (Å²) >= 11 is 5.99. The second-order valence-corrected chi connectivity index (χ2v) is 4.00. The summed E-state index contributed by atoms with van der Waals surface area (Å²) in [5.74, 6) is 1.04. The van der Waals surface area contributed by atoms with Crippen LogP contribution in [-0.4, -0.2) is 19.6 Å². The Kier molecular flexibility index (Phi) is 5.63. The van der Waals surface area contributed by atoms with Gasteiger partial charge in [-0.1, -0.05) is 24.9 Å². The first-order valence-electron chi connectivity index (χ1n) is 5.58. The number of halogens is 1. The Morgan fingerprint density at radius 3 is 2.88 bits per heavy atom. The van der Waals surface area contributed by atoms with Crippen LogP contribution in [0.4, 0.5) is 5.69 Å². The van der Waals surface area contributed by atoms with E-state index >= 15 is 0 Å². The quantitative estimate of drug-likeness (QED) is 0.483. The van der Waals surface area contributed by atoms with E-state index in [1.165, 1.54) is 0 Å². The Morgan fingerprint density at radius 1 is 1.53 bits per heavy atom. The van der Waals surface area contributed by atoms with E-state index < -0.39 is 0 Å². The van der Waals surface area contributed by atoms with Crippen molar-refractivity contribution in [2.45, 2.75) is 19.8 Å². The number of methoxy groups -OCH3 is 1. The second-order valence-electron chi connectivity index (χ2n) is 3.59. The van der Waals surface area contributed by atoms with Crippen molar-refractivity contribution in [1.82, 2.24) is 0 Å². The highest BCUT2D eigenvalue weighted by atomic mass is 35.5. The lowest BCUT2D eigenvalue weighted by molar-refractivity contribution is 0.415. The monoisotopic (exact) mass is 255 g/mol. The van der Waals surface area contributed by atoms with Crippen molar-refractivity contribution >= 4 is 23.2 Å². The molecule has 0 radical (unpaired) electrons. The van der Waals surface area contributed by atoms with E-state index in [2.05, 4.69) is 17.2 Å². The Bertz CT molecular complexity index is 393. The van der Waals surface area contributed by atoms with Gasteiger partial charge in [-0.25, -0.2) is 0 Å². The molecule has 0 atom stereocenters. The molecule has 0 aliphatic rings. The first-order chi connectivity index (χ1) is 8.17. The fourth-order valence-electron chi connectivity index (χ4n) is 1.29. The van der Waals surface area contributed by atoms with Crippen molar-refractivity contribution in [2.75, 3.05) is 19.0 Å². The molecule has 0 amide bonds. The minimum Gasteiger partial charge on any atom is -0.495 e. The van der Waals surface area contributed by atoms with Crippen LogP contribution in [0.15, 0.2) is 23.2 Å². The third kappa shape index (κ3) is 4.53. The van der Waals surface area contributed by atoms with Crippen LogP contribution < -0.4 is 15.8 Å². The zero-order valence-electron chi connectivity index (χ0n) is 10.2. The molecule has 0 aliphatic heterocycles. The van der Waals surface area contributed by atoms with Gasteiger partial charge in [0.25, 0.3) is 0 Å². The van der Waals surface area contributed by atoms with Gasteiger partial charge >= 0.3 is 0 Å². The zero-order valence-corrected chi connectivity index (χ0v) is 10.9. The van der Waals surface area contributed by atoms with Gasteiger partial charge in [-0.05, 0) is 24.6 Å². The van der Waals surface area contributed by atoms with Gasteiger partial charge in [0.1, 0.15) is 5.75 Å². The predicted molar refractivity (Wildman–Crippen MR) is 73.0 cm³/mol. The van der Waals surface area contributed by atoms with Gasteiger partial charge in [0.15, 0.2) is 5.96 Å². The maximum Gasteiger partial charge on any atom is 0.193 e. The fraction of sp³-hybridized carbons (Fsp3) is 0.417. The van der Waals surface area contributed by atoms with Crippen molar-refractivity contribution in [3.8, 4) is 5.75 Å². The number of unbranched alkanes of at least 4 members (excludes halogenated alkanes) is 1. The molecule has 1 aromatic rings. The number of rotatable bonds is 5. The summed E-state index contributed by atoms with van der Waals surface area (Å²) in [5, 5.41) is 3.52. The molecule has 0 aromatic heterocycles. The molecule has 0 saturated carbocycles. The second kappa shape index (κ2) is 7.01. The third-order valence-electron chi connectivity index (χ3n) is 2.22. The van der Waals surface area contributed by atoms with Gasteiger partial charge in [0.2, 0.25) is 0 Å². The van der Waals surface area contributed by atoms with Crippen LogP contribution in [0.2, 0.25) is 5.02 Å². The predicted octanol–water partition coefficient (Wildman–Crippen LogP) is 2.88. The third-order valence-corrected chi connectivity index (χ3v) is 2.51. The SMILES string of the molecule is CCCCN=C(N)Nc1ccc(OC)c(Cl)c1. The Hall–Kier alpha value is -1.42. The normalized spacial score (nSPS) is 11.4. The first-order valence-corrected chi connectivity index (χ1v) is 5.95. The maximum absolute atomic E-state index is 5.99. The number of anilines is 1. The summed E-state index contributed by atoms with van der Waals surface area (Å²) < 4.78 is 5.06. The van der Waals surface area contributed by atoms with E-state index in [0.29, 0.717) is 16.7 Å². The van der Waals surface area contributed by atoms with E-state index in [4.69, 9.17) is 22.1 Å². The molecule has 0 spiro atoms. The lowest BCUT2D eigenvalue weighted by Crippen LogP contribution is -2.22. The minimum atomic E-state index is 0.402. The average Bonchev–Trinajstić information content (AvgIpc) is 2.29. The molecule has 17 heavy (non-hydrogen) atoms. The number of aliphatic imine (C=N–C) groups is 1. The Balaban J connectivity index is 2.62. The largest absolute Gasteiger partial charge is 0.495 e. The molecule has 1 aromatic carbocycles. The zero-order chi connectivity index (χ0) is 12.7. The van der Waals surface area contributed by atoms with Gasteiger partial charge < -0.3 is 15.8 Å². The smallest absolute Gasteiger partial charge is 0.193 e. The highest BCUT2D eigenvalue weighted by Gasteiger charge is 2.02. The number of nitrogens with one attached hydrogen (secondary N) is 1. The Labute approximate surface area is 107 Å². The molecule has 94 valence electrons. The van der Waals surface area contributed by atoms with E-state index in [9.17, 15) is 0 Å². The number of nitrogens with two attached hydrogens (primary N) is 1. The molecular formula is C12H18ClN3O. The summed E-state index contributed by atoms with van der Waals surface area (Å²) in [6.07, 6.45) is 2.14. The van der Waals surface area contributed by atoms with Crippen molar-refractivity contribution in [1.29, 1.82) is 0 Å². The van der Waals surface area contributed by atoms with E-state index in [0.717, 1.165) is 25.1 Å². The lowest BCUT2D eigenvalue weighted by atomic mass is 10.3. The van der Waals surface area contributed by atoms with Crippen molar-refractivity contribution in [2.24, 2.45) is 10.7 Å². The van der Waals surface area contributed by atoms with E-state index in [1.54, 1.807) is 19.2 Å². The fourth-order valence-corrected chi connectivity index (χ4v) is 1.55. The van der Waals surface area contributed by atoms with Crippen molar-refractivity contribution < 1.29 is 4.74 Å². The van der Waals surface area contributed by atoms with Crippen LogP contribution in [0.5, 0.6) is 5.75 Å². The standard InChI is InChI=1S/C12H18ClN3O/c1-3-4-7-15-12(14)16-9-5-6-11(17-2)10(13)8-9/h5-6,8H,3-4,7H2,1-2H3,(H3,14,15,16). The molecule has 0 bridgehead atoms. The van der Waals surface area contributed by atoms with Crippen LogP contribution in [0.1, 0.15) is 19.8 Å². The van der Waals surface area contributed by atoms with Crippen LogP contribution in [0.3, 0.4) is 0 Å². The highest BCUT2D eigenvalue weighted by molar-refractivity contribution is 6.32. The lowest BCUT2D eigenvalue weighted by Gasteiger charge is -2.08. The van der Waals surface area contributed by atoms with Crippen LogP contribution in [0, 0.1) is 0 Å². The molecule has 5 heteroatoms. The van der Waals surface area contributed by atoms with Crippen LogP contribution in [-0.2, 0) is 0 Å². The van der Waals surface area contributed by atoms with Gasteiger partial charge in [-0.2, -0.15) is 0 Å². The van der Waals surface area contributed by atoms with E-state index in [-0.39, 0.29) is 0 Å². The molecule has 4 nitrogen and oxygen atoms in total. The summed E-state index contributed by atoms with van der Waals surface area (Å²) in [6.45, 7) is 2.85. The number of benzene rings is 1. The molecular weight excluding hydrogens is 238 g/mol. The molecule has 0 fully saturated rings. The maximum atomic E-state index is 5.99. The van der Waals surface area contributed by atoms with Gasteiger partial charge in [-0.3, -0.25) is 4.99 Å². The average molecular weight is 256 g/mol. The van der Waals surface area contributed by atoms with Gasteiger partial charge in [0.05, 0.1) is 12.1 Å². The number of hydrogen-bond acceptors (Lipinski definition) is 2. The van der Waals surface area contributed by atoms with Crippen molar-refractivity contribution in [3.63, 3.8) is 0 Å². The number of hydrogen-bond donors (Lipinski definition) is 2. The van der Waals surface area contributed by atoms with Crippen LogP contribution >= 0.6 is 11.6 Å². The summed E-state index contributed by atoms with van der Waals surface area (Å²) in [5.41, 5.74) is 6.53. The molecule has 3 N–H and O–H groups in total.